The first-order chi connectivity index (χ1) is 11.5. The van der Waals surface area contributed by atoms with E-state index < -0.39 is 23.6 Å². The number of rotatable bonds is 6. The van der Waals surface area contributed by atoms with E-state index in [1.807, 2.05) is 6.07 Å². The van der Waals surface area contributed by atoms with E-state index in [1.165, 1.54) is 30.3 Å². The number of hydrogen-bond acceptors (Lipinski definition) is 5. The molecule has 1 atom stereocenters. The molecule has 0 aliphatic carbocycles. The first-order valence-corrected chi connectivity index (χ1v) is 7.11. The van der Waals surface area contributed by atoms with Crippen LogP contribution < -0.4 is 10.1 Å². The number of phenolic OH excluding ortho intramolecular Hbond substituents is 1. The van der Waals surface area contributed by atoms with E-state index in [4.69, 9.17) is 10.00 Å². The number of nitriles is 1. The lowest BCUT2D eigenvalue weighted by Gasteiger charge is -2.18. The molecule has 0 aliphatic rings. The van der Waals surface area contributed by atoms with E-state index in [-0.39, 0.29) is 17.9 Å². The van der Waals surface area contributed by atoms with Crippen molar-refractivity contribution < 1.29 is 24.1 Å². The molecule has 3 N–H and O–H groups in total. The Morgan fingerprint density at radius 3 is 2.58 bits per heavy atom. The summed E-state index contributed by atoms with van der Waals surface area (Å²) in [6.07, 6.45) is 0. The summed E-state index contributed by atoms with van der Waals surface area (Å²) in [7, 11) is 0. The van der Waals surface area contributed by atoms with Crippen molar-refractivity contribution >= 4 is 11.7 Å². The van der Waals surface area contributed by atoms with Crippen molar-refractivity contribution in [2.45, 2.75) is 13.0 Å². The second-order valence-corrected chi connectivity index (χ2v) is 4.88. The third-order valence-electron chi connectivity index (χ3n) is 3.25. The number of aromatic hydroxyl groups is 1. The fraction of sp³-hybridized carbons (Fsp3) is 0.176. The minimum absolute atomic E-state index is 0.166. The monoisotopic (exact) mass is 330 g/mol. The normalized spacial score (nSPS) is 11.4. The summed E-state index contributed by atoms with van der Waals surface area (Å²) in [5, 5.41) is 30.5. The minimum atomic E-state index is -1.44. The van der Waals surface area contributed by atoms with E-state index in [9.17, 15) is 19.4 Å². The smallest absolute Gasteiger partial charge is 0.330 e. The Balaban J connectivity index is 2.40. The molecule has 6 nitrogen and oxygen atoms in total. The van der Waals surface area contributed by atoms with Crippen LogP contribution >= 0.6 is 0 Å². The summed E-state index contributed by atoms with van der Waals surface area (Å²) < 4.78 is 19.4. The molecule has 0 aromatic heterocycles. The lowest BCUT2D eigenvalue weighted by Crippen LogP contribution is -2.22. The first-order valence-electron chi connectivity index (χ1n) is 7.11. The number of carboxylic acids is 1. The number of nitrogens with zero attached hydrogens (tertiary/aromatic N) is 1. The van der Waals surface area contributed by atoms with E-state index in [1.54, 1.807) is 6.92 Å². The molecule has 0 fully saturated rings. The molecule has 0 heterocycles. The zero-order valence-electron chi connectivity index (χ0n) is 12.8. The molecule has 0 spiro atoms. The second-order valence-electron chi connectivity index (χ2n) is 4.88. The van der Waals surface area contributed by atoms with Gasteiger partial charge in [0.2, 0.25) is 0 Å². The first kappa shape index (κ1) is 17.1. The minimum Gasteiger partial charge on any atom is -0.505 e. The van der Waals surface area contributed by atoms with Gasteiger partial charge in [0.1, 0.15) is 5.75 Å². The topological polar surface area (TPSA) is 103 Å². The van der Waals surface area contributed by atoms with Crippen molar-refractivity contribution in [1.29, 1.82) is 5.26 Å². The fourth-order valence-corrected chi connectivity index (χ4v) is 2.14. The molecule has 24 heavy (non-hydrogen) atoms. The van der Waals surface area contributed by atoms with E-state index in [0.717, 1.165) is 6.07 Å². The molecule has 2 rings (SSSR count). The van der Waals surface area contributed by atoms with Crippen molar-refractivity contribution in [3.8, 4) is 17.6 Å². The summed E-state index contributed by atoms with van der Waals surface area (Å²) in [4.78, 5) is 11.6. The Kier molecular flexibility index (Phi) is 5.22. The lowest BCUT2D eigenvalue weighted by atomic mass is 10.0. The van der Waals surface area contributed by atoms with Gasteiger partial charge >= 0.3 is 5.97 Å². The maximum Gasteiger partial charge on any atom is 0.330 e. The number of halogens is 1. The van der Waals surface area contributed by atoms with Gasteiger partial charge in [0, 0.05) is 17.3 Å². The lowest BCUT2D eigenvalue weighted by molar-refractivity contribution is -0.138. The van der Waals surface area contributed by atoms with Crippen LogP contribution in [0.2, 0.25) is 0 Å². The van der Waals surface area contributed by atoms with Crippen LogP contribution in [0, 0.1) is 17.1 Å². The number of nitrogens with one attached hydrogen (secondary N) is 1. The van der Waals surface area contributed by atoms with Crippen LogP contribution in [-0.2, 0) is 4.79 Å². The molecule has 0 radical (unpaired) electrons. The highest BCUT2D eigenvalue weighted by Gasteiger charge is 2.26. The van der Waals surface area contributed by atoms with Gasteiger partial charge in [-0.2, -0.15) is 5.26 Å². The number of benzene rings is 2. The van der Waals surface area contributed by atoms with Gasteiger partial charge in [-0.15, -0.1) is 0 Å². The highest BCUT2D eigenvalue weighted by molar-refractivity contribution is 5.80. The van der Waals surface area contributed by atoms with Crippen LogP contribution in [0.25, 0.3) is 0 Å². The SMILES string of the molecule is CCOc1cc(O)c(F)c(C(Nc2ccc(C#N)cc2)C(=O)O)c1. The largest absolute Gasteiger partial charge is 0.505 e. The Morgan fingerprint density at radius 2 is 2.04 bits per heavy atom. The van der Waals surface area contributed by atoms with E-state index in [2.05, 4.69) is 5.32 Å². The summed E-state index contributed by atoms with van der Waals surface area (Å²) in [5.41, 5.74) is 0.548. The molecule has 1 unspecified atom stereocenters. The molecule has 0 saturated heterocycles. The van der Waals surface area contributed by atoms with Gasteiger partial charge < -0.3 is 20.3 Å². The second kappa shape index (κ2) is 7.33. The maximum atomic E-state index is 14.2. The Labute approximate surface area is 137 Å². The van der Waals surface area contributed by atoms with Gasteiger partial charge in [0.15, 0.2) is 17.6 Å². The molecule has 2 aromatic carbocycles. The molecular weight excluding hydrogens is 315 g/mol. The molecule has 124 valence electrons. The van der Waals surface area contributed by atoms with Gasteiger partial charge in [0.25, 0.3) is 0 Å². The third kappa shape index (κ3) is 3.73. The van der Waals surface area contributed by atoms with Crippen LogP contribution in [0.15, 0.2) is 36.4 Å². The highest BCUT2D eigenvalue weighted by Crippen LogP contribution is 2.32. The van der Waals surface area contributed by atoms with Crippen LogP contribution in [-0.4, -0.2) is 22.8 Å². The standard InChI is InChI=1S/C17H15FN2O4/c1-2-24-12-7-13(15(18)14(21)8-12)16(17(22)23)20-11-5-3-10(9-19)4-6-11/h3-8,16,20-21H,2H2,1H3,(H,22,23). The molecule has 0 bridgehead atoms. The van der Waals surface area contributed by atoms with E-state index in [0.29, 0.717) is 11.3 Å². The predicted molar refractivity (Wildman–Crippen MR) is 84.4 cm³/mol. The number of hydrogen-bond donors (Lipinski definition) is 3. The average Bonchev–Trinajstić information content (AvgIpc) is 2.56. The van der Waals surface area contributed by atoms with Gasteiger partial charge in [-0.1, -0.05) is 0 Å². The number of carbonyl (C=O) groups is 1. The third-order valence-corrected chi connectivity index (χ3v) is 3.25. The van der Waals surface area contributed by atoms with Crippen molar-refractivity contribution in [3.05, 3.63) is 53.3 Å². The van der Waals surface area contributed by atoms with Gasteiger partial charge in [-0.05, 0) is 37.3 Å². The number of phenols is 1. The molecule has 0 amide bonds. The van der Waals surface area contributed by atoms with E-state index >= 15 is 0 Å². The molecule has 0 aliphatic heterocycles. The zero-order chi connectivity index (χ0) is 17.7. The molecule has 7 heteroatoms. The Morgan fingerprint density at radius 1 is 1.38 bits per heavy atom. The Bertz CT molecular complexity index is 784. The highest BCUT2D eigenvalue weighted by atomic mass is 19.1. The van der Waals surface area contributed by atoms with Gasteiger partial charge in [0.05, 0.1) is 18.2 Å². The number of carboxylic acid groups (broad SMARTS) is 1. The number of aliphatic carboxylic acids is 1. The van der Waals surface area contributed by atoms with Gasteiger partial charge in [-0.3, -0.25) is 0 Å². The summed E-state index contributed by atoms with van der Waals surface area (Å²) >= 11 is 0. The van der Waals surface area contributed by atoms with Crippen molar-refractivity contribution in [3.63, 3.8) is 0 Å². The van der Waals surface area contributed by atoms with Crippen LogP contribution in [0.5, 0.6) is 11.5 Å². The fourth-order valence-electron chi connectivity index (χ4n) is 2.14. The molecule has 2 aromatic rings. The summed E-state index contributed by atoms with van der Waals surface area (Å²) in [6, 6.07) is 8.86. The predicted octanol–water partition coefficient (Wildman–Crippen LogP) is 3.04. The summed E-state index contributed by atoms with van der Waals surface area (Å²) in [6.45, 7) is 2.00. The van der Waals surface area contributed by atoms with Crippen molar-refractivity contribution in [2.75, 3.05) is 11.9 Å². The quantitative estimate of drug-likeness (QED) is 0.752. The zero-order valence-corrected chi connectivity index (χ0v) is 12.8. The van der Waals surface area contributed by atoms with Crippen molar-refractivity contribution in [1.82, 2.24) is 0 Å². The molecular formula is C17H15FN2O4. The number of ether oxygens (including phenoxy) is 1. The summed E-state index contributed by atoms with van der Waals surface area (Å²) in [5.74, 6) is -2.89. The maximum absolute atomic E-state index is 14.2. The Hall–Kier alpha value is -3.27. The van der Waals surface area contributed by atoms with Crippen LogP contribution in [0.1, 0.15) is 24.1 Å². The number of anilines is 1. The molecule has 0 saturated carbocycles. The van der Waals surface area contributed by atoms with Crippen LogP contribution in [0.3, 0.4) is 0 Å². The van der Waals surface area contributed by atoms with Crippen molar-refractivity contribution in [2.24, 2.45) is 0 Å². The van der Waals surface area contributed by atoms with Crippen LogP contribution in [0.4, 0.5) is 10.1 Å². The average molecular weight is 330 g/mol. The van der Waals surface area contributed by atoms with Gasteiger partial charge in [-0.25, -0.2) is 9.18 Å².